The van der Waals surface area contributed by atoms with Gasteiger partial charge in [-0.3, -0.25) is 19.7 Å². The lowest BCUT2D eigenvalue weighted by molar-refractivity contribution is -0.148. The number of Topliss-reactive ketones (excluding diaryl/α,β-unsaturated/α-hetero) is 1. The molecule has 1 aromatic carbocycles. The standard InChI is InChI=1S/C24H32N2O5/c1-7-30-23(28)18-14-19(20(22(27)16(5)6)24(29)31-8-2)26(21(18)15(3)4)25-17-12-10-9-11-13-17/h9-16,20,25H,7-8H2,1-6H3. The molecule has 31 heavy (non-hydrogen) atoms. The van der Waals surface area contributed by atoms with Crippen LogP contribution >= 0.6 is 0 Å². The van der Waals surface area contributed by atoms with Crippen molar-refractivity contribution in [2.75, 3.05) is 18.6 Å². The van der Waals surface area contributed by atoms with Crippen LogP contribution < -0.4 is 5.43 Å². The van der Waals surface area contributed by atoms with E-state index in [1.165, 1.54) is 0 Å². The van der Waals surface area contributed by atoms with Gasteiger partial charge in [0.2, 0.25) is 0 Å². The van der Waals surface area contributed by atoms with E-state index < -0.39 is 23.8 Å². The number of carbonyl (C=O) groups excluding carboxylic acids is 3. The Hall–Kier alpha value is -3.09. The summed E-state index contributed by atoms with van der Waals surface area (Å²) in [6.45, 7) is 11.1. The predicted octanol–water partition coefficient (Wildman–Crippen LogP) is 4.54. The summed E-state index contributed by atoms with van der Waals surface area (Å²) < 4.78 is 12.1. The summed E-state index contributed by atoms with van der Waals surface area (Å²) in [6.07, 6.45) is 0. The summed E-state index contributed by atoms with van der Waals surface area (Å²) in [6, 6.07) is 10.9. The lowest BCUT2D eigenvalue weighted by Gasteiger charge is -2.22. The normalized spacial score (nSPS) is 12.0. The highest BCUT2D eigenvalue weighted by Crippen LogP contribution is 2.32. The zero-order valence-corrected chi connectivity index (χ0v) is 19.1. The Morgan fingerprint density at radius 2 is 1.58 bits per heavy atom. The maximum absolute atomic E-state index is 13.1. The van der Waals surface area contributed by atoms with E-state index in [0.29, 0.717) is 17.0 Å². The molecule has 1 N–H and O–H groups in total. The Morgan fingerprint density at radius 1 is 0.968 bits per heavy atom. The molecule has 0 aliphatic heterocycles. The van der Waals surface area contributed by atoms with Crippen LogP contribution in [0.3, 0.4) is 0 Å². The van der Waals surface area contributed by atoms with Gasteiger partial charge in [-0.2, -0.15) is 0 Å². The van der Waals surface area contributed by atoms with Gasteiger partial charge in [0.15, 0.2) is 11.7 Å². The van der Waals surface area contributed by atoms with Crippen molar-refractivity contribution < 1.29 is 23.9 Å². The zero-order valence-electron chi connectivity index (χ0n) is 19.1. The second-order valence-corrected chi connectivity index (χ2v) is 7.80. The molecule has 0 radical (unpaired) electrons. The second kappa shape index (κ2) is 10.8. The number of nitrogens with one attached hydrogen (secondary N) is 1. The number of nitrogens with zero attached hydrogens (tertiary/aromatic N) is 1. The highest BCUT2D eigenvalue weighted by atomic mass is 16.5. The summed E-state index contributed by atoms with van der Waals surface area (Å²) in [7, 11) is 0. The van der Waals surface area contributed by atoms with E-state index >= 15 is 0 Å². The molecule has 0 aliphatic carbocycles. The maximum atomic E-state index is 13.1. The lowest BCUT2D eigenvalue weighted by atomic mass is 9.92. The molecule has 168 valence electrons. The van der Waals surface area contributed by atoms with Gasteiger partial charge in [-0.05, 0) is 38.0 Å². The Kier molecular flexibility index (Phi) is 8.42. The van der Waals surface area contributed by atoms with Crippen molar-refractivity contribution in [2.45, 2.75) is 53.4 Å². The second-order valence-electron chi connectivity index (χ2n) is 7.80. The third-order valence-electron chi connectivity index (χ3n) is 4.80. The van der Waals surface area contributed by atoms with Gasteiger partial charge in [-0.1, -0.05) is 45.9 Å². The topological polar surface area (TPSA) is 86.6 Å². The van der Waals surface area contributed by atoms with Crippen LogP contribution in [0.4, 0.5) is 5.69 Å². The van der Waals surface area contributed by atoms with E-state index in [-0.39, 0.29) is 24.9 Å². The van der Waals surface area contributed by atoms with Crippen molar-refractivity contribution in [3.63, 3.8) is 0 Å². The first kappa shape index (κ1) is 24.2. The highest BCUT2D eigenvalue weighted by Gasteiger charge is 2.37. The van der Waals surface area contributed by atoms with Crippen LogP contribution in [0.25, 0.3) is 0 Å². The number of benzene rings is 1. The van der Waals surface area contributed by atoms with Gasteiger partial charge in [0.05, 0.1) is 35.9 Å². The van der Waals surface area contributed by atoms with E-state index in [9.17, 15) is 14.4 Å². The molecule has 0 fully saturated rings. The SMILES string of the molecule is CCOC(=O)c1cc(C(C(=O)OCC)C(=O)C(C)C)n(Nc2ccccc2)c1C(C)C. The first-order valence-electron chi connectivity index (χ1n) is 10.7. The molecule has 0 saturated heterocycles. The maximum Gasteiger partial charge on any atom is 0.340 e. The molecule has 0 amide bonds. The number of esters is 2. The van der Waals surface area contributed by atoms with Gasteiger partial charge in [-0.25, -0.2) is 4.79 Å². The minimum Gasteiger partial charge on any atom is -0.465 e. The van der Waals surface area contributed by atoms with Crippen LogP contribution in [0.5, 0.6) is 0 Å². The molecule has 0 spiro atoms. The molecule has 1 heterocycles. The number of ether oxygens (including phenoxy) is 2. The van der Waals surface area contributed by atoms with Crippen LogP contribution in [0.1, 0.15) is 75.1 Å². The van der Waals surface area contributed by atoms with Crippen LogP contribution in [-0.2, 0) is 19.1 Å². The molecule has 0 bridgehead atoms. The van der Waals surface area contributed by atoms with Crippen molar-refractivity contribution in [3.8, 4) is 0 Å². The summed E-state index contributed by atoms with van der Waals surface area (Å²) in [5, 5.41) is 0. The highest BCUT2D eigenvalue weighted by molar-refractivity contribution is 6.05. The number of carbonyl (C=O) groups is 3. The average Bonchev–Trinajstić information content (AvgIpc) is 3.08. The Balaban J connectivity index is 2.77. The monoisotopic (exact) mass is 428 g/mol. The van der Waals surface area contributed by atoms with Gasteiger partial charge >= 0.3 is 11.9 Å². The molecular weight excluding hydrogens is 396 g/mol. The van der Waals surface area contributed by atoms with E-state index in [0.717, 1.165) is 5.69 Å². The van der Waals surface area contributed by atoms with Crippen molar-refractivity contribution in [1.82, 2.24) is 4.68 Å². The summed E-state index contributed by atoms with van der Waals surface area (Å²) in [5.74, 6) is -3.08. The molecular formula is C24H32N2O5. The number of hydrogen-bond donors (Lipinski definition) is 1. The number of anilines is 1. The predicted molar refractivity (Wildman–Crippen MR) is 119 cm³/mol. The number of para-hydroxylation sites is 1. The molecule has 2 aromatic rings. The zero-order chi connectivity index (χ0) is 23.1. The average molecular weight is 429 g/mol. The van der Waals surface area contributed by atoms with Crippen LogP contribution in [-0.4, -0.2) is 35.6 Å². The van der Waals surface area contributed by atoms with Crippen LogP contribution in [0.2, 0.25) is 0 Å². The minimum atomic E-state index is -1.17. The largest absolute Gasteiger partial charge is 0.465 e. The quantitative estimate of drug-likeness (QED) is 0.442. The van der Waals surface area contributed by atoms with Gasteiger partial charge in [0.1, 0.15) is 0 Å². The number of hydrogen-bond acceptors (Lipinski definition) is 6. The number of aromatic nitrogens is 1. The molecule has 7 heteroatoms. The van der Waals surface area contributed by atoms with Gasteiger partial charge in [0.25, 0.3) is 0 Å². The van der Waals surface area contributed by atoms with Crippen molar-refractivity contribution in [2.24, 2.45) is 5.92 Å². The molecule has 2 rings (SSSR count). The molecule has 1 atom stereocenters. The third kappa shape index (κ3) is 5.54. The van der Waals surface area contributed by atoms with E-state index in [2.05, 4.69) is 5.43 Å². The van der Waals surface area contributed by atoms with Gasteiger partial charge in [0, 0.05) is 5.92 Å². The Morgan fingerprint density at radius 3 is 2.10 bits per heavy atom. The van der Waals surface area contributed by atoms with Crippen molar-refractivity contribution in [1.29, 1.82) is 0 Å². The summed E-state index contributed by atoms with van der Waals surface area (Å²) in [4.78, 5) is 38.7. The fourth-order valence-electron chi connectivity index (χ4n) is 3.41. The van der Waals surface area contributed by atoms with Crippen LogP contribution in [0.15, 0.2) is 36.4 Å². The first-order valence-corrected chi connectivity index (χ1v) is 10.7. The summed E-state index contributed by atoms with van der Waals surface area (Å²) in [5.41, 5.74) is 5.31. The Labute approximate surface area is 183 Å². The smallest absolute Gasteiger partial charge is 0.340 e. The van der Waals surface area contributed by atoms with Crippen molar-refractivity contribution in [3.05, 3.63) is 53.3 Å². The fourth-order valence-corrected chi connectivity index (χ4v) is 3.41. The summed E-state index contributed by atoms with van der Waals surface area (Å²) >= 11 is 0. The van der Waals surface area contributed by atoms with Gasteiger partial charge in [-0.15, -0.1) is 0 Å². The molecule has 1 unspecified atom stereocenters. The van der Waals surface area contributed by atoms with E-state index in [4.69, 9.17) is 9.47 Å². The third-order valence-corrected chi connectivity index (χ3v) is 4.80. The fraction of sp³-hybridized carbons (Fsp3) is 0.458. The van der Waals surface area contributed by atoms with Crippen molar-refractivity contribution >= 4 is 23.4 Å². The minimum absolute atomic E-state index is 0.0960. The lowest BCUT2D eigenvalue weighted by Crippen LogP contribution is -2.31. The number of ketones is 1. The number of rotatable bonds is 10. The molecule has 1 aromatic heterocycles. The first-order chi connectivity index (χ1) is 14.7. The van der Waals surface area contributed by atoms with Crippen LogP contribution in [0, 0.1) is 5.92 Å². The van der Waals surface area contributed by atoms with Gasteiger partial charge < -0.3 is 9.47 Å². The van der Waals surface area contributed by atoms with E-state index in [1.54, 1.807) is 38.4 Å². The molecule has 7 nitrogen and oxygen atoms in total. The Bertz CT molecular complexity index is 916. The molecule has 0 saturated carbocycles. The molecule has 0 aliphatic rings. The van der Waals surface area contributed by atoms with E-state index in [1.807, 2.05) is 44.2 Å².